The van der Waals surface area contributed by atoms with Crippen LogP contribution in [0.3, 0.4) is 0 Å². The van der Waals surface area contributed by atoms with Crippen LogP contribution in [0.15, 0.2) is 41.8 Å². The van der Waals surface area contributed by atoms with Crippen molar-refractivity contribution in [1.29, 1.82) is 0 Å². The summed E-state index contributed by atoms with van der Waals surface area (Å²) in [4.78, 5) is 13.0. The molecule has 0 aliphatic carbocycles. The van der Waals surface area contributed by atoms with Crippen LogP contribution in [-0.4, -0.2) is 19.7 Å². The van der Waals surface area contributed by atoms with E-state index in [4.69, 9.17) is 9.47 Å². The summed E-state index contributed by atoms with van der Waals surface area (Å²) in [5, 5.41) is 2.02. The molecule has 4 heteroatoms. The van der Waals surface area contributed by atoms with Gasteiger partial charge < -0.3 is 9.47 Å². The second-order valence-corrected chi connectivity index (χ2v) is 5.33. The van der Waals surface area contributed by atoms with E-state index in [1.807, 2.05) is 48.7 Å². The predicted molar refractivity (Wildman–Crippen MR) is 80.4 cm³/mol. The summed E-state index contributed by atoms with van der Waals surface area (Å²) in [6.45, 7) is 2.23. The van der Waals surface area contributed by atoms with Gasteiger partial charge in [-0.25, -0.2) is 0 Å². The van der Waals surface area contributed by atoms with Crippen LogP contribution in [0.2, 0.25) is 0 Å². The van der Waals surface area contributed by atoms with Crippen LogP contribution in [0, 0.1) is 0 Å². The monoisotopic (exact) mass is 290 g/mol. The quantitative estimate of drug-likeness (QED) is 0.758. The van der Waals surface area contributed by atoms with E-state index in [1.165, 1.54) is 0 Å². The minimum Gasteiger partial charge on any atom is -0.497 e. The Morgan fingerprint density at radius 2 is 2.15 bits per heavy atom. The third-order valence-corrected chi connectivity index (χ3v) is 4.04. The van der Waals surface area contributed by atoms with Crippen molar-refractivity contribution in [3.8, 4) is 5.75 Å². The minimum absolute atomic E-state index is 0.0177. The molecular formula is C16H18O3S. The Morgan fingerprint density at radius 1 is 1.30 bits per heavy atom. The first-order valence-corrected chi connectivity index (χ1v) is 7.45. The minimum atomic E-state index is -0.172. The highest BCUT2D eigenvalue weighted by Crippen LogP contribution is 2.33. The molecule has 0 saturated heterocycles. The standard InChI is InChI=1S/C16H18O3S/c1-3-19-16(17)11-14(15-8-5-9-20-15)12-6-4-7-13(10-12)18-2/h4-10,14H,3,11H2,1-2H3/t14-/m1/s1. The number of hydrogen-bond acceptors (Lipinski definition) is 4. The molecule has 0 N–H and O–H groups in total. The fraction of sp³-hybridized carbons (Fsp3) is 0.312. The van der Waals surface area contributed by atoms with Crippen LogP contribution in [0.5, 0.6) is 5.75 Å². The first kappa shape index (κ1) is 14.6. The molecule has 0 unspecified atom stereocenters. The first-order valence-electron chi connectivity index (χ1n) is 6.57. The molecule has 1 heterocycles. The van der Waals surface area contributed by atoms with Crippen molar-refractivity contribution >= 4 is 17.3 Å². The van der Waals surface area contributed by atoms with Gasteiger partial charge in [0.25, 0.3) is 0 Å². The van der Waals surface area contributed by atoms with Gasteiger partial charge >= 0.3 is 5.97 Å². The molecule has 0 aliphatic heterocycles. The molecule has 20 heavy (non-hydrogen) atoms. The van der Waals surface area contributed by atoms with Gasteiger partial charge in [-0.1, -0.05) is 18.2 Å². The van der Waals surface area contributed by atoms with Crippen molar-refractivity contribution in [3.63, 3.8) is 0 Å². The molecule has 1 aromatic carbocycles. The number of rotatable bonds is 6. The predicted octanol–water partition coefficient (Wildman–Crippen LogP) is 3.84. The summed E-state index contributed by atoms with van der Waals surface area (Å²) in [5.41, 5.74) is 1.07. The molecule has 2 aromatic rings. The van der Waals surface area contributed by atoms with Gasteiger partial charge in [-0.15, -0.1) is 11.3 Å². The van der Waals surface area contributed by atoms with Crippen LogP contribution in [0.1, 0.15) is 29.7 Å². The average molecular weight is 290 g/mol. The molecule has 0 spiro atoms. The maximum Gasteiger partial charge on any atom is 0.306 e. The number of carbonyl (C=O) groups is 1. The Labute approximate surface area is 123 Å². The van der Waals surface area contributed by atoms with E-state index in [1.54, 1.807) is 18.4 Å². The molecule has 3 nitrogen and oxygen atoms in total. The van der Waals surface area contributed by atoms with Crippen LogP contribution in [-0.2, 0) is 9.53 Å². The molecule has 1 aromatic heterocycles. The summed E-state index contributed by atoms with van der Waals surface area (Å²) in [6, 6.07) is 11.9. The van der Waals surface area contributed by atoms with E-state index in [0.717, 1.165) is 16.2 Å². The smallest absolute Gasteiger partial charge is 0.306 e. The zero-order chi connectivity index (χ0) is 14.4. The normalized spacial score (nSPS) is 11.9. The zero-order valence-electron chi connectivity index (χ0n) is 11.7. The van der Waals surface area contributed by atoms with Crippen molar-refractivity contribution in [2.45, 2.75) is 19.3 Å². The number of hydrogen-bond donors (Lipinski definition) is 0. The topological polar surface area (TPSA) is 35.5 Å². The van der Waals surface area contributed by atoms with Gasteiger partial charge in [0.2, 0.25) is 0 Å². The third-order valence-electron chi connectivity index (χ3n) is 3.06. The Hall–Kier alpha value is -1.81. The molecule has 0 amide bonds. The highest BCUT2D eigenvalue weighted by atomic mass is 32.1. The summed E-state index contributed by atoms with van der Waals surface area (Å²) in [6.07, 6.45) is 0.349. The van der Waals surface area contributed by atoms with E-state index >= 15 is 0 Å². The van der Waals surface area contributed by atoms with E-state index < -0.39 is 0 Å². The van der Waals surface area contributed by atoms with E-state index in [9.17, 15) is 4.79 Å². The van der Waals surface area contributed by atoms with E-state index in [0.29, 0.717) is 13.0 Å². The van der Waals surface area contributed by atoms with Gasteiger partial charge in [-0.3, -0.25) is 4.79 Å². The average Bonchev–Trinajstić information content (AvgIpc) is 2.99. The molecule has 2 rings (SSSR count). The molecule has 0 radical (unpaired) electrons. The highest BCUT2D eigenvalue weighted by molar-refractivity contribution is 7.10. The van der Waals surface area contributed by atoms with Crippen LogP contribution < -0.4 is 4.74 Å². The Balaban J connectivity index is 2.28. The van der Waals surface area contributed by atoms with Gasteiger partial charge in [0.05, 0.1) is 20.1 Å². The van der Waals surface area contributed by atoms with Gasteiger partial charge in [-0.2, -0.15) is 0 Å². The lowest BCUT2D eigenvalue weighted by atomic mass is 9.94. The Bertz CT molecular complexity index is 549. The second kappa shape index (κ2) is 7.10. The summed E-state index contributed by atoms with van der Waals surface area (Å²) >= 11 is 1.65. The zero-order valence-corrected chi connectivity index (χ0v) is 12.5. The second-order valence-electron chi connectivity index (χ2n) is 4.35. The van der Waals surface area contributed by atoms with Gasteiger partial charge in [-0.05, 0) is 36.1 Å². The summed E-state index contributed by atoms with van der Waals surface area (Å²) in [7, 11) is 1.64. The van der Waals surface area contributed by atoms with Crippen molar-refractivity contribution in [3.05, 3.63) is 52.2 Å². The Kier molecular flexibility index (Phi) is 5.18. The van der Waals surface area contributed by atoms with Crippen molar-refractivity contribution < 1.29 is 14.3 Å². The van der Waals surface area contributed by atoms with Gasteiger partial charge in [0, 0.05) is 10.8 Å². The molecule has 106 valence electrons. The number of methoxy groups -OCH3 is 1. The third kappa shape index (κ3) is 3.61. The van der Waals surface area contributed by atoms with E-state index in [2.05, 4.69) is 0 Å². The first-order chi connectivity index (χ1) is 9.74. The SMILES string of the molecule is CCOC(=O)C[C@H](c1cccc(OC)c1)c1cccs1. The number of carbonyl (C=O) groups excluding carboxylic acids is 1. The summed E-state index contributed by atoms with van der Waals surface area (Å²) < 4.78 is 10.3. The van der Waals surface area contributed by atoms with Crippen LogP contribution in [0.25, 0.3) is 0 Å². The highest BCUT2D eigenvalue weighted by Gasteiger charge is 2.20. The number of thiophene rings is 1. The number of ether oxygens (including phenoxy) is 2. The fourth-order valence-corrected chi connectivity index (χ4v) is 2.97. The maximum atomic E-state index is 11.8. The van der Waals surface area contributed by atoms with Crippen molar-refractivity contribution in [2.75, 3.05) is 13.7 Å². The summed E-state index contributed by atoms with van der Waals surface area (Å²) in [5.74, 6) is 0.644. The lowest BCUT2D eigenvalue weighted by Gasteiger charge is -2.16. The fourth-order valence-electron chi connectivity index (χ4n) is 2.12. The molecule has 0 saturated carbocycles. The molecule has 1 atom stereocenters. The van der Waals surface area contributed by atoms with Crippen LogP contribution in [0.4, 0.5) is 0 Å². The molecule has 0 aliphatic rings. The van der Waals surface area contributed by atoms with Gasteiger partial charge in [0.15, 0.2) is 0 Å². The number of benzene rings is 1. The number of esters is 1. The van der Waals surface area contributed by atoms with E-state index in [-0.39, 0.29) is 11.9 Å². The van der Waals surface area contributed by atoms with Crippen molar-refractivity contribution in [1.82, 2.24) is 0 Å². The largest absolute Gasteiger partial charge is 0.497 e. The molecule has 0 bridgehead atoms. The lowest BCUT2D eigenvalue weighted by Crippen LogP contribution is -2.11. The van der Waals surface area contributed by atoms with Crippen LogP contribution >= 0.6 is 11.3 Å². The maximum absolute atomic E-state index is 11.8. The molecule has 0 fully saturated rings. The Morgan fingerprint density at radius 3 is 2.80 bits per heavy atom. The lowest BCUT2D eigenvalue weighted by molar-refractivity contribution is -0.143. The van der Waals surface area contributed by atoms with Crippen molar-refractivity contribution in [2.24, 2.45) is 0 Å². The molecular weight excluding hydrogens is 272 g/mol. The van der Waals surface area contributed by atoms with Gasteiger partial charge in [0.1, 0.15) is 5.75 Å².